The number of para-hydroxylation sites is 1. The van der Waals surface area contributed by atoms with Crippen LogP contribution in [-0.4, -0.2) is 12.4 Å². The fourth-order valence-electron chi connectivity index (χ4n) is 2.04. The highest BCUT2D eigenvalue weighted by Gasteiger charge is 2.12. The van der Waals surface area contributed by atoms with Crippen molar-refractivity contribution in [3.8, 4) is 5.75 Å². The number of benzene rings is 2. The normalized spacial score (nSPS) is 10.4. The number of hydrogen-bond donors (Lipinski definition) is 0. The zero-order chi connectivity index (χ0) is 14.7. The quantitative estimate of drug-likeness (QED) is 0.773. The minimum atomic E-state index is -0.0366. The summed E-state index contributed by atoms with van der Waals surface area (Å²) in [4.78, 5) is 12.2. The van der Waals surface area contributed by atoms with E-state index in [0.717, 1.165) is 11.1 Å². The molecule has 0 aliphatic carbocycles. The topological polar surface area (TPSA) is 26.3 Å². The first-order valence-corrected chi connectivity index (χ1v) is 6.85. The third kappa shape index (κ3) is 3.20. The smallest absolute Gasteiger partial charge is 0.200 e. The molecule has 2 nitrogen and oxygen atoms in total. The molecule has 0 bridgehead atoms. The molecule has 0 N–H and O–H groups in total. The maximum Gasteiger partial charge on any atom is 0.200 e. The Labute approximate surface area is 124 Å². The van der Waals surface area contributed by atoms with Crippen LogP contribution in [0.1, 0.15) is 27.0 Å². The van der Waals surface area contributed by atoms with Crippen LogP contribution in [0.3, 0.4) is 0 Å². The van der Waals surface area contributed by atoms with Crippen molar-refractivity contribution in [3.05, 3.63) is 63.7 Å². The average molecular weight is 289 g/mol. The van der Waals surface area contributed by atoms with Crippen molar-refractivity contribution in [2.75, 3.05) is 6.61 Å². The van der Waals surface area contributed by atoms with Crippen molar-refractivity contribution in [2.45, 2.75) is 20.8 Å². The number of hydrogen-bond acceptors (Lipinski definition) is 2. The SMILES string of the molecule is Cc1cc(C)c(C(=O)COc2ccccc2Cl)cc1C. The fraction of sp³-hybridized carbons (Fsp3) is 0.235. The van der Waals surface area contributed by atoms with Gasteiger partial charge in [0.1, 0.15) is 5.75 Å². The molecule has 0 aliphatic rings. The van der Waals surface area contributed by atoms with E-state index in [9.17, 15) is 4.79 Å². The molecular weight excluding hydrogens is 272 g/mol. The molecule has 0 amide bonds. The molecule has 2 aromatic carbocycles. The zero-order valence-corrected chi connectivity index (χ0v) is 12.6. The van der Waals surface area contributed by atoms with Gasteiger partial charge in [0.15, 0.2) is 12.4 Å². The second kappa shape index (κ2) is 6.10. The zero-order valence-electron chi connectivity index (χ0n) is 11.9. The Bertz CT molecular complexity index is 647. The summed E-state index contributed by atoms with van der Waals surface area (Å²) in [6, 6.07) is 11.1. The van der Waals surface area contributed by atoms with Gasteiger partial charge in [-0.05, 0) is 55.7 Å². The molecule has 0 radical (unpaired) electrons. The number of aryl methyl sites for hydroxylation is 3. The van der Waals surface area contributed by atoms with Crippen LogP contribution in [0.15, 0.2) is 36.4 Å². The van der Waals surface area contributed by atoms with Gasteiger partial charge in [-0.2, -0.15) is 0 Å². The largest absolute Gasteiger partial charge is 0.484 e. The molecule has 0 saturated carbocycles. The number of carbonyl (C=O) groups excluding carboxylic acids is 1. The lowest BCUT2D eigenvalue weighted by Gasteiger charge is -2.10. The second-order valence-corrected chi connectivity index (χ2v) is 5.30. The molecule has 2 rings (SSSR count). The summed E-state index contributed by atoms with van der Waals surface area (Å²) < 4.78 is 5.50. The van der Waals surface area contributed by atoms with Crippen LogP contribution < -0.4 is 4.74 Å². The van der Waals surface area contributed by atoms with Gasteiger partial charge in [0.2, 0.25) is 0 Å². The number of carbonyl (C=O) groups is 1. The van der Waals surface area contributed by atoms with Gasteiger partial charge in [0, 0.05) is 5.56 Å². The molecule has 0 saturated heterocycles. The van der Waals surface area contributed by atoms with Crippen molar-refractivity contribution in [3.63, 3.8) is 0 Å². The van der Waals surface area contributed by atoms with Gasteiger partial charge in [-0.1, -0.05) is 29.8 Å². The molecule has 20 heavy (non-hydrogen) atoms. The molecule has 0 unspecified atom stereocenters. The highest BCUT2D eigenvalue weighted by molar-refractivity contribution is 6.32. The Morgan fingerprint density at radius 2 is 1.70 bits per heavy atom. The first-order chi connectivity index (χ1) is 9.49. The number of ketones is 1. The summed E-state index contributed by atoms with van der Waals surface area (Å²) in [5.74, 6) is 0.495. The first kappa shape index (κ1) is 14.6. The average Bonchev–Trinajstić information content (AvgIpc) is 2.41. The molecule has 3 heteroatoms. The highest BCUT2D eigenvalue weighted by Crippen LogP contribution is 2.23. The molecule has 0 heterocycles. The van der Waals surface area contributed by atoms with Gasteiger partial charge in [-0.25, -0.2) is 0 Å². The third-order valence-electron chi connectivity index (χ3n) is 3.34. The van der Waals surface area contributed by atoms with E-state index in [1.165, 1.54) is 5.56 Å². The summed E-state index contributed by atoms with van der Waals surface area (Å²) >= 11 is 5.99. The minimum absolute atomic E-state index is 0.00687. The van der Waals surface area contributed by atoms with E-state index in [1.807, 2.05) is 45.0 Å². The lowest BCUT2D eigenvalue weighted by Crippen LogP contribution is -2.13. The van der Waals surface area contributed by atoms with Gasteiger partial charge in [0.25, 0.3) is 0 Å². The number of halogens is 1. The predicted octanol–water partition coefficient (Wildman–Crippen LogP) is 4.53. The van der Waals surface area contributed by atoms with Crippen LogP contribution in [0.4, 0.5) is 0 Å². The molecule has 104 valence electrons. The van der Waals surface area contributed by atoms with Crippen molar-refractivity contribution in [1.29, 1.82) is 0 Å². The van der Waals surface area contributed by atoms with Gasteiger partial charge >= 0.3 is 0 Å². The number of Topliss-reactive ketones (excluding diaryl/α,β-unsaturated/α-hetero) is 1. The molecule has 0 atom stereocenters. The first-order valence-electron chi connectivity index (χ1n) is 6.47. The summed E-state index contributed by atoms with van der Waals surface area (Å²) in [5.41, 5.74) is 3.98. The molecular formula is C17H17ClO2. The Hall–Kier alpha value is -1.80. The number of rotatable bonds is 4. The Morgan fingerprint density at radius 1 is 1.05 bits per heavy atom. The Kier molecular flexibility index (Phi) is 4.46. The van der Waals surface area contributed by atoms with Crippen LogP contribution in [0.2, 0.25) is 5.02 Å². The maximum absolute atomic E-state index is 12.2. The molecule has 0 spiro atoms. The monoisotopic (exact) mass is 288 g/mol. The van der Waals surface area contributed by atoms with Crippen molar-refractivity contribution in [1.82, 2.24) is 0 Å². The lowest BCUT2D eigenvalue weighted by molar-refractivity contribution is 0.0921. The van der Waals surface area contributed by atoms with E-state index in [4.69, 9.17) is 16.3 Å². The van der Waals surface area contributed by atoms with E-state index >= 15 is 0 Å². The molecule has 0 aliphatic heterocycles. The molecule has 2 aromatic rings. The number of ether oxygens (including phenoxy) is 1. The summed E-state index contributed by atoms with van der Waals surface area (Å²) in [6.45, 7) is 5.97. The maximum atomic E-state index is 12.2. The Morgan fingerprint density at radius 3 is 2.40 bits per heavy atom. The van der Waals surface area contributed by atoms with Crippen molar-refractivity contribution >= 4 is 17.4 Å². The van der Waals surface area contributed by atoms with E-state index < -0.39 is 0 Å². The van der Waals surface area contributed by atoms with E-state index in [2.05, 4.69) is 0 Å². The van der Waals surface area contributed by atoms with Gasteiger partial charge < -0.3 is 4.74 Å². The van der Waals surface area contributed by atoms with Crippen molar-refractivity contribution < 1.29 is 9.53 Å². The summed E-state index contributed by atoms with van der Waals surface area (Å²) in [6.07, 6.45) is 0. The molecule has 0 fully saturated rings. The van der Waals surface area contributed by atoms with Crippen LogP contribution >= 0.6 is 11.6 Å². The van der Waals surface area contributed by atoms with Gasteiger partial charge in [-0.15, -0.1) is 0 Å². The predicted molar refractivity (Wildman–Crippen MR) is 81.9 cm³/mol. The highest BCUT2D eigenvalue weighted by atomic mass is 35.5. The lowest BCUT2D eigenvalue weighted by atomic mass is 9.98. The second-order valence-electron chi connectivity index (χ2n) is 4.89. The van der Waals surface area contributed by atoms with Crippen molar-refractivity contribution in [2.24, 2.45) is 0 Å². The molecule has 0 aromatic heterocycles. The van der Waals surface area contributed by atoms with Crippen LogP contribution in [0.5, 0.6) is 5.75 Å². The van der Waals surface area contributed by atoms with Crippen LogP contribution in [0.25, 0.3) is 0 Å². The Balaban J connectivity index is 2.13. The summed E-state index contributed by atoms with van der Waals surface area (Å²) in [5, 5.41) is 0.511. The summed E-state index contributed by atoms with van der Waals surface area (Å²) in [7, 11) is 0. The van der Waals surface area contributed by atoms with Gasteiger partial charge in [-0.3, -0.25) is 4.79 Å². The fourth-order valence-corrected chi connectivity index (χ4v) is 2.23. The minimum Gasteiger partial charge on any atom is -0.484 e. The van der Waals surface area contributed by atoms with E-state index in [-0.39, 0.29) is 12.4 Å². The van der Waals surface area contributed by atoms with Gasteiger partial charge in [0.05, 0.1) is 5.02 Å². The third-order valence-corrected chi connectivity index (χ3v) is 3.65. The van der Waals surface area contributed by atoms with E-state index in [1.54, 1.807) is 12.1 Å². The van der Waals surface area contributed by atoms with Crippen LogP contribution in [-0.2, 0) is 0 Å². The standard InChI is InChI=1S/C17H17ClO2/c1-11-8-13(3)14(9-12(11)2)16(19)10-20-17-7-5-4-6-15(17)18/h4-9H,10H2,1-3H3. The van der Waals surface area contributed by atoms with Crippen LogP contribution in [0, 0.1) is 20.8 Å². The van der Waals surface area contributed by atoms with E-state index in [0.29, 0.717) is 16.3 Å².